The fourth-order valence-electron chi connectivity index (χ4n) is 4.11. The highest BCUT2D eigenvalue weighted by Gasteiger charge is 2.45. The second kappa shape index (κ2) is 7.83. The minimum absolute atomic E-state index is 0. The highest BCUT2D eigenvalue weighted by atomic mass is 35.5. The minimum atomic E-state index is 0. The normalized spacial score (nSPS) is 30.1. The number of benzene rings is 1. The SMILES string of the molecule is Cl.NCC1CCCCC1NC(=O)C1CC1c1ccc2c(c1)OCCO2. The fraction of sp³-hybridized carbons (Fsp3) is 0.632. The van der Waals surface area contributed by atoms with Crippen LogP contribution in [0.1, 0.15) is 43.6 Å². The number of hydrogen-bond acceptors (Lipinski definition) is 4. The maximum atomic E-state index is 12.6. The zero-order valence-corrected chi connectivity index (χ0v) is 15.2. The van der Waals surface area contributed by atoms with E-state index in [0.717, 1.165) is 30.8 Å². The van der Waals surface area contributed by atoms with Crippen LogP contribution in [0.15, 0.2) is 18.2 Å². The van der Waals surface area contributed by atoms with Crippen molar-refractivity contribution < 1.29 is 14.3 Å². The maximum absolute atomic E-state index is 12.6. The van der Waals surface area contributed by atoms with E-state index in [4.69, 9.17) is 15.2 Å². The molecule has 0 aromatic heterocycles. The van der Waals surface area contributed by atoms with E-state index in [1.807, 2.05) is 12.1 Å². The molecule has 5 nitrogen and oxygen atoms in total. The minimum Gasteiger partial charge on any atom is -0.486 e. The molecule has 2 saturated carbocycles. The van der Waals surface area contributed by atoms with Crippen molar-refractivity contribution in [2.45, 2.75) is 44.1 Å². The van der Waals surface area contributed by atoms with Crippen LogP contribution in [0, 0.1) is 11.8 Å². The van der Waals surface area contributed by atoms with Crippen molar-refractivity contribution in [1.82, 2.24) is 5.32 Å². The predicted molar refractivity (Wildman–Crippen MR) is 98.5 cm³/mol. The summed E-state index contributed by atoms with van der Waals surface area (Å²) in [5, 5.41) is 3.27. The Morgan fingerprint density at radius 1 is 1.16 bits per heavy atom. The monoisotopic (exact) mass is 366 g/mol. The van der Waals surface area contributed by atoms with E-state index in [1.165, 1.54) is 18.4 Å². The smallest absolute Gasteiger partial charge is 0.223 e. The molecule has 0 spiro atoms. The van der Waals surface area contributed by atoms with Gasteiger partial charge in [0.25, 0.3) is 0 Å². The lowest BCUT2D eigenvalue weighted by Crippen LogP contribution is -2.45. The number of hydrogen-bond donors (Lipinski definition) is 2. The van der Waals surface area contributed by atoms with Gasteiger partial charge in [-0.3, -0.25) is 4.79 Å². The molecule has 1 aliphatic heterocycles. The lowest BCUT2D eigenvalue weighted by Gasteiger charge is -2.31. The maximum Gasteiger partial charge on any atom is 0.223 e. The van der Waals surface area contributed by atoms with Crippen LogP contribution in [0.2, 0.25) is 0 Å². The molecule has 1 aromatic carbocycles. The molecule has 3 N–H and O–H groups in total. The Balaban J connectivity index is 0.00000182. The van der Waals surface area contributed by atoms with Crippen LogP contribution in [-0.4, -0.2) is 31.7 Å². The Bertz CT molecular complexity index is 625. The van der Waals surface area contributed by atoms with Gasteiger partial charge in [0.05, 0.1) is 0 Å². The zero-order valence-electron chi connectivity index (χ0n) is 14.4. The first-order chi connectivity index (χ1) is 11.8. The first kappa shape index (κ1) is 18.3. The molecule has 4 rings (SSSR count). The van der Waals surface area contributed by atoms with E-state index < -0.39 is 0 Å². The van der Waals surface area contributed by atoms with E-state index >= 15 is 0 Å². The second-order valence-electron chi connectivity index (χ2n) is 7.25. The van der Waals surface area contributed by atoms with Crippen LogP contribution in [0.25, 0.3) is 0 Å². The molecule has 6 heteroatoms. The number of carbonyl (C=O) groups is 1. The van der Waals surface area contributed by atoms with Crippen LogP contribution < -0.4 is 20.5 Å². The summed E-state index contributed by atoms with van der Waals surface area (Å²) in [4.78, 5) is 12.6. The quantitative estimate of drug-likeness (QED) is 0.859. The molecule has 1 amide bonds. The van der Waals surface area contributed by atoms with E-state index in [0.29, 0.717) is 31.6 Å². The standard InChI is InChI=1S/C19H26N2O3.ClH/c20-11-13-3-1-2-4-16(13)21-19(22)15-10-14(15)12-5-6-17-18(9-12)24-8-7-23-17;/h5-6,9,13-16H,1-4,7-8,10-11,20H2,(H,21,22);1H. The third kappa shape index (κ3) is 3.87. The van der Waals surface area contributed by atoms with Crippen molar-refractivity contribution in [1.29, 1.82) is 0 Å². The van der Waals surface area contributed by atoms with E-state index in [2.05, 4.69) is 11.4 Å². The molecule has 0 radical (unpaired) electrons. The molecule has 1 heterocycles. The molecule has 138 valence electrons. The average molecular weight is 367 g/mol. The third-order valence-corrected chi connectivity index (χ3v) is 5.66. The Morgan fingerprint density at radius 2 is 1.92 bits per heavy atom. The van der Waals surface area contributed by atoms with Crippen molar-refractivity contribution in [3.63, 3.8) is 0 Å². The van der Waals surface area contributed by atoms with Crippen molar-refractivity contribution in [2.75, 3.05) is 19.8 Å². The Morgan fingerprint density at radius 3 is 2.72 bits per heavy atom. The predicted octanol–water partition coefficient (Wildman–Crippen LogP) is 2.62. The third-order valence-electron chi connectivity index (χ3n) is 5.66. The first-order valence-corrected chi connectivity index (χ1v) is 9.16. The molecular weight excluding hydrogens is 340 g/mol. The molecule has 0 bridgehead atoms. The highest BCUT2D eigenvalue weighted by molar-refractivity contribution is 5.85. The summed E-state index contributed by atoms with van der Waals surface area (Å²) in [5.74, 6) is 2.64. The molecule has 3 aliphatic rings. The van der Waals surface area contributed by atoms with Gasteiger partial charge in [-0.05, 0) is 55.3 Å². The molecular formula is C19H27ClN2O3. The molecule has 4 unspecified atom stereocenters. The van der Waals surface area contributed by atoms with Gasteiger partial charge in [0.15, 0.2) is 11.5 Å². The van der Waals surface area contributed by atoms with E-state index in [9.17, 15) is 4.79 Å². The van der Waals surface area contributed by atoms with E-state index in [-0.39, 0.29) is 30.3 Å². The average Bonchev–Trinajstić information content (AvgIpc) is 3.43. The van der Waals surface area contributed by atoms with Crippen LogP contribution in [0.5, 0.6) is 11.5 Å². The van der Waals surface area contributed by atoms with Crippen LogP contribution >= 0.6 is 12.4 Å². The lowest BCUT2D eigenvalue weighted by molar-refractivity contribution is -0.123. The summed E-state index contributed by atoms with van der Waals surface area (Å²) in [5.41, 5.74) is 7.05. The number of amides is 1. The molecule has 2 fully saturated rings. The molecule has 0 saturated heterocycles. The lowest BCUT2D eigenvalue weighted by atomic mass is 9.84. The van der Waals surface area contributed by atoms with Gasteiger partial charge in [-0.2, -0.15) is 0 Å². The highest BCUT2D eigenvalue weighted by Crippen LogP contribution is 2.49. The largest absolute Gasteiger partial charge is 0.486 e. The van der Waals surface area contributed by atoms with Gasteiger partial charge >= 0.3 is 0 Å². The van der Waals surface area contributed by atoms with Gasteiger partial charge in [0, 0.05) is 12.0 Å². The van der Waals surface area contributed by atoms with Gasteiger partial charge in [-0.1, -0.05) is 18.9 Å². The fourth-order valence-corrected chi connectivity index (χ4v) is 4.11. The number of nitrogens with one attached hydrogen (secondary N) is 1. The van der Waals surface area contributed by atoms with Crippen molar-refractivity contribution in [2.24, 2.45) is 17.6 Å². The van der Waals surface area contributed by atoms with Crippen LogP contribution in [0.4, 0.5) is 0 Å². The number of ether oxygens (including phenoxy) is 2. The molecule has 2 aliphatic carbocycles. The van der Waals surface area contributed by atoms with E-state index in [1.54, 1.807) is 0 Å². The van der Waals surface area contributed by atoms with Crippen LogP contribution in [-0.2, 0) is 4.79 Å². The number of fused-ring (bicyclic) bond motifs is 1. The summed E-state index contributed by atoms with van der Waals surface area (Å²) in [7, 11) is 0. The van der Waals surface area contributed by atoms with Gasteiger partial charge in [0.2, 0.25) is 5.91 Å². The first-order valence-electron chi connectivity index (χ1n) is 9.16. The molecule has 25 heavy (non-hydrogen) atoms. The summed E-state index contributed by atoms with van der Waals surface area (Å²) >= 11 is 0. The van der Waals surface area contributed by atoms with Gasteiger partial charge in [-0.25, -0.2) is 0 Å². The van der Waals surface area contributed by atoms with Crippen molar-refractivity contribution >= 4 is 18.3 Å². The number of carbonyl (C=O) groups excluding carboxylic acids is 1. The Kier molecular flexibility index (Phi) is 5.74. The summed E-state index contributed by atoms with van der Waals surface area (Å²) in [6, 6.07) is 6.32. The number of nitrogens with two attached hydrogens (primary N) is 1. The summed E-state index contributed by atoms with van der Waals surface area (Å²) in [6.07, 6.45) is 5.55. The number of rotatable bonds is 4. The Hall–Kier alpha value is -1.46. The molecule has 1 aromatic rings. The van der Waals surface area contributed by atoms with Crippen molar-refractivity contribution in [3.8, 4) is 11.5 Å². The second-order valence-corrected chi connectivity index (χ2v) is 7.25. The summed E-state index contributed by atoms with van der Waals surface area (Å²) in [6.45, 7) is 1.86. The Labute approximate surface area is 155 Å². The zero-order chi connectivity index (χ0) is 16.5. The number of halogens is 1. The van der Waals surface area contributed by atoms with Gasteiger partial charge in [-0.15, -0.1) is 12.4 Å². The van der Waals surface area contributed by atoms with Gasteiger partial charge < -0.3 is 20.5 Å². The summed E-state index contributed by atoms with van der Waals surface area (Å²) < 4.78 is 11.2. The topological polar surface area (TPSA) is 73.6 Å². The molecule has 4 atom stereocenters. The van der Waals surface area contributed by atoms with Gasteiger partial charge in [0.1, 0.15) is 13.2 Å². The van der Waals surface area contributed by atoms with Crippen LogP contribution in [0.3, 0.4) is 0 Å². The van der Waals surface area contributed by atoms with Crippen molar-refractivity contribution in [3.05, 3.63) is 23.8 Å².